The zero-order valence-corrected chi connectivity index (χ0v) is 12.4. The molecule has 2 rings (SSSR count). The van der Waals surface area contributed by atoms with Crippen molar-refractivity contribution in [3.63, 3.8) is 0 Å². The molecule has 0 heterocycles. The van der Waals surface area contributed by atoms with E-state index in [0.29, 0.717) is 11.8 Å². The van der Waals surface area contributed by atoms with Crippen LogP contribution < -0.4 is 10.5 Å². The summed E-state index contributed by atoms with van der Waals surface area (Å²) in [5.41, 5.74) is 7.23. The molecular formula is C17H27NO. The van der Waals surface area contributed by atoms with Gasteiger partial charge < -0.3 is 10.5 Å². The van der Waals surface area contributed by atoms with Crippen LogP contribution >= 0.6 is 0 Å². The van der Waals surface area contributed by atoms with Crippen molar-refractivity contribution in [1.29, 1.82) is 0 Å². The van der Waals surface area contributed by atoms with Gasteiger partial charge in [0.15, 0.2) is 0 Å². The molecule has 2 nitrogen and oxygen atoms in total. The number of nitrogens with two attached hydrogens (primary N) is 1. The highest BCUT2D eigenvalue weighted by Crippen LogP contribution is 2.32. The van der Waals surface area contributed by atoms with E-state index in [4.69, 9.17) is 10.5 Å². The number of ether oxygens (including phenoxy) is 1. The molecule has 1 fully saturated rings. The van der Waals surface area contributed by atoms with Crippen LogP contribution in [0.5, 0.6) is 5.75 Å². The van der Waals surface area contributed by atoms with Crippen molar-refractivity contribution in [3.8, 4) is 5.75 Å². The molecule has 2 heteroatoms. The molecule has 2 N–H and O–H groups in total. The normalized spacial score (nSPS) is 27.5. The Morgan fingerprint density at radius 3 is 2.79 bits per heavy atom. The average Bonchev–Trinajstić information content (AvgIpc) is 2.39. The van der Waals surface area contributed by atoms with Crippen molar-refractivity contribution < 1.29 is 4.74 Å². The third-order valence-electron chi connectivity index (χ3n) is 4.31. The first-order valence-electron chi connectivity index (χ1n) is 7.56. The third-order valence-corrected chi connectivity index (χ3v) is 4.31. The SMILES string of the molecule is CC1CCC(CN)C(Oc2cccc(C(C)C)c2)C1. The fourth-order valence-electron chi connectivity index (χ4n) is 2.93. The quantitative estimate of drug-likeness (QED) is 0.890. The lowest BCUT2D eigenvalue weighted by Gasteiger charge is -2.34. The minimum atomic E-state index is 0.288. The lowest BCUT2D eigenvalue weighted by atomic mass is 9.80. The summed E-state index contributed by atoms with van der Waals surface area (Å²) in [7, 11) is 0. The summed E-state index contributed by atoms with van der Waals surface area (Å²) in [6.07, 6.45) is 3.91. The van der Waals surface area contributed by atoms with Gasteiger partial charge in [-0.2, -0.15) is 0 Å². The molecule has 0 saturated heterocycles. The Labute approximate surface area is 117 Å². The van der Waals surface area contributed by atoms with E-state index in [1.807, 2.05) is 0 Å². The fourth-order valence-corrected chi connectivity index (χ4v) is 2.93. The Hall–Kier alpha value is -1.02. The van der Waals surface area contributed by atoms with Gasteiger partial charge >= 0.3 is 0 Å². The number of rotatable bonds is 4. The summed E-state index contributed by atoms with van der Waals surface area (Å²) in [6.45, 7) is 7.48. The molecule has 0 bridgehead atoms. The minimum Gasteiger partial charge on any atom is -0.490 e. The van der Waals surface area contributed by atoms with Gasteiger partial charge in [-0.25, -0.2) is 0 Å². The summed E-state index contributed by atoms with van der Waals surface area (Å²) >= 11 is 0. The van der Waals surface area contributed by atoms with Crippen molar-refractivity contribution in [2.45, 2.75) is 52.1 Å². The molecule has 106 valence electrons. The van der Waals surface area contributed by atoms with Crippen molar-refractivity contribution in [2.75, 3.05) is 6.54 Å². The van der Waals surface area contributed by atoms with Gasteiger partial charge in [0.2, 0.25) is 0 Å². The second-order valence-electron chi connectivity index (χ2n) is 6.30. The van der Waals surface area contributed by atoms with E-state index in [1.165, 1.54) is 18.4 Å². The van der Waals surface area contributed by atoms with Crippen molar-refractivity contribution in [1.82, 2.24) is 0 Å². The lowest BCUT2D eigenvalue weighted by molar-refractivity contribution is 0.0741. The van der Waals surface area contributed by atoms with Crippen molar-refractivity contribution in [3.05, 3.63) is 29.8 Å². The van der Waals surface area contributed by atoms with E-state index in [0.717, 1.165) is 24.6 Å². The van der Waals surface area contributed by atoms with Crippen LogP contribution in [0.1, 0.15) is 51.5 Å². The molecule has 19 heavy (non-hydrogen) atoms. The van der Waals surface area contributed by atoms with Crippen molar-refractivity contribution in [2.24, 2.45) is 17.6 Å². The summed E-state index contributed by atoms with van der Waals surface area (Å²) in [6, 6.07) is 8.51. The first-order chi connectivity index (χ1) is 9.10. The molecule has 1 aliphatic carbocycles. The maximum Gasteiger partial charge on any atom is 0.120 e. The Morgan fingerprint density at radius 1 is 1.32 bits per heavy atom. The molecule has 0 aliphatic heterocycles. The first kappa shape index (κ1) is 14.4. The van der Waals surface area contributed by atoms with E-state index < -0.39 is 0 Å². The van der Waals surface area contributed by atoms with Gasteiger partial charge in [-0.1, -0.05) is 39.3 Å². The van der Waals surface area contributed by atoms with Crippen LogP contribution in [0, 0.1) is 11.8 Å². The molecule has 0 amide bonds. The molecule has 1 aliphatic rings. The highest BCUT2D eigenvalue weighted by Gasteiger charge is 2.29. The Morgan fingerprint density at radius 2 is 2.11 bits per heavy atom. The van der Waals surface area contributed by atoms with Gasteiger partial charge in [0, 0.05) is 5.92 Å². The van der Waals surface area contributed by atoms with Gasteiger partial charge in [-0.15, -0.1) is 0 Å². The predicted octanol–water partition coefficient (Wildman–Crippen LogP) is 3.95. The largest absolute Gasteiger partial charge is 0.490 e. The molecule has 1 aromatic carbocycles. The van der Waals surface area contributed by atoms with Gasteiger partial charge in [0.25, 0.3) is 0 Å². The second-order valence-corrected chi connectivity index (χ2v) is 6.30. The maximum atomic E-state index is 6.24. The topological polar surface area (TPSA) is 35.2 Å². The number of benzene rings is 1. The third kappa shape index (κ3) is 3.73. The van der Waals surface area contributed by atoms with Crippen LogP contribution in [-0.4, -0.2) is 12.6 Å². The van der Waals surface area contributed by atoms with Gasteiger partial charge in [0.05, 0.1) is 0 Å². The number of hydrogen-bond acceptors (Lipinski definition) is 2. The van der Waals surface area contributed by atoms with E-state index in [1.54, 1.807) is 0 Å². The monoisotopic (exact) mass is 261 g/mol. The van der Waals surface area contributed by atoms with E-state index in [-0.39, 0.29) is 6.10 Å². The molecule has 1 aromatic rings. The van der Waals surface area contributed by atoms with Gasteiger partial charge in [0.1, 0.15) is 11.9 Å². The Bertz CT molecular complexity index is 402. The van der Waals surface area contributed by atoms with E-state index in [2.05, 4.69) is 45.0 Å². The highest BCUT2D eigenvalue weighted by atomic mass is 16.5. The van der Waals surface area contributed by atoms with Gasteiger partial charge in [-0.3, -0.25) is 0 Å². The maximum absolute atomic E-state index is 6.24. The van der Waals surface area contributed by atoms with Crippen molar-refractivity contribution >= 4 is 0 Å². The van der Waals surface area contributed by atoms with Crippen LogP contribution in [0.25, 0.3) is 0 Å². The average molecular weight is 261 g/mol. The van der Waals surface area contributed by atoms with Crippen LogP contribution in [0.3, 0.4) is 0 Å². The lowest BCUT2D eigenvalue weighted by Crippen LogP contribution is -2.37. The Kier molecular flexibility index (Phi) is 4.87. The zero-order valence-electron chi connectivity index (χ0n) is 12.4. The van der Waals surface area contributed by atoms with Crippen LogP contribution in [-0.2, 0) is 0 Å². The Balaban J connectivity index is 2.08. The zero-order chi connectivity index (χ0) is 13.8. The summed E-state index contributed by atoms with van der Waals surface area (Å²) < 4.78 is 6.24. The smallest absolute Gasteiger partial charge is 0.120 e. The molecule has 0 radical (unpaired) electrons. The van der Waals surface area contributed by atoms with Crippen LogP contribution in [0.2, 0.25) is 0 Å². The fraction of sp³-hybridized carbons (Fsp3) is 0.647. The summed E-state index contributed by atoms with van der Waals surface area (Å²) in [4.78, 5) is 0. The molecule has 1 saturated carbocycles. The first-order valence-corrected chi connectivity index (χ1v) is 7.56. The molecule has 0 aromatic heterocycles. The minimum absolute atomic E-state index is 0.288. The second kappa shape index (κ2) is 6.42. The standard InChI is InChI=1S/C17H27NO/c1-12(2)14-5-4-6-16(10-14)19-17-9-13(3)7-8-15(17)11-18/h4-6,10,12-13,15,17H,7-9,11,18H2,1-3H3. The molecule has 3 unspecified atom stereocenters. The highest BCUT2D eigenvalue weighted by molar-refractivity contribution is 5.30. The molecular weight excluding hydrogens is 234 g/mol. The predicted molar refractivity (Wildman–Crippen MR) is 80.5 cm³/mol. The van der Waals surface area contributed by atoms with Crippen LogP contribution in [0.15, 0.2) is 24.3 Å². The molecule has 0 spiro atoms. The summed E-state index contributed by atoms with van der Waals surface area (Å²) in [5.74, 6) is 2.81. The number of hydrogen-bond donors (Lipinski definition) is 1. The van der Waals surface area contributed by atoms with Crippen LogP contribution in [0.4, 0.5) is 0 Å². The summed E-state index contributed by atoms with van der Waals surface area (Å²) in [5, 5.41) is 0. The van der Waals surface area contributed by atoms with E-state index in [9.17, 15) is 0 Å². The van der Waals surface area contributed by atoms with E-state index >= 15 is 0 Å². The van der Waals surface area contributed by atoms with Gasteiger partial charge in [-0.05, 0) is 48.9 Å². The molecule has 3 atom stereocenters.